The SMILES string of the molecule is CN(C(=O)CN1CCCCC1)[C@@H]1CC[C@@H](n2ccnc2)[C@@H]1O. The zero-order valence-electron chi connectivity index (χ0n) is 13.3. The molecular weight excluding hydrogens is 280 g/mol. The quantitative estimate of drug-likeness (QED) is 0.897. The molecule has 0 unspecified atom stereocenters. The fraction of sp³-hybridized carbons (Fsp3) is 0.750. The average molecular weight is 306 g/mol. The van der Waals surface area contributed by atoms with E-state index >= 15 is 0 Å². The van der Waals surface area contributed by atoms with Crippen molar-refractivity contribution in [3.63, 3.8) is 0 Å². The van der Waals surface area contributed by atoms with E-state index in [9.17, 15) is 9.90 Å². The summed E-state index contributed by atoms with van der Waals surface area (Å²) in [4.78, 5) is 20.5. The first-order valence-electron chi connectivity index (χ1n) is 8.30. The molecule has 6 nitrogen and oxygen atoms in total. The summed E-state index contributed by atoms with van der Waals surface area (Å²) in [6, 6.07) is -0.0672. The number of imidazole rings is 1. The summed E-state index contributed by atoms with van der Waals surface area (Å²) in [7, 11) is 1.83. The first-order chi connectivity index (χ1) is 10.7. The molecule has 6 heteroatoms. The Morgan fingerprint density at radius 1 is 1.32 bits per heavy atom. The van der Waals surface area contributed by atoms with Gasteiger partial charge in [0.05, 0.1) is 31.1 Å². The van der Waals surface area contributed by atoms with Gasteiger partial charge in [0.25, 0.3) is 0 Å². The van der Waals surface area contributed by atoms with Gasteiger partial charge in [-0.1, -0.05) is 6.42 Å². The van der Waals surface area contributed by atoms with Gasteiger partial charge in [0, 0.05) is 19.4 Å². The summed E-state index contributed by atoms with van der Waals surface area (Å²) < 4.78 is 1.95. The third kappa shape index (κ3) is 3.17. The van der Waals surface area contributed by atoms with Gasteiger partial charge < -0.3 is 14.6 Å². The number of carbonyl (C=O) groups is 1. The highest BCUT2D eigenvalue weighted by atomic mass is 16.3. The van der Waals surface area contributed by atoms with Gasteiger partial charge in [0.2, 0.25) is 5.91 Å². The zero-order valence-corrected chi connectivity index (χ0v) is 13.3. The van der Waals surface area contributed by atoms with Crippen LogP contribution in [0, 0.1) is 0 Å². The molecule has 1 aliphatic carbocycles. The van der Waals surface area contributed by atoms with E-state index in [4.69, 9.17) is 0 Å². The molecule has 2 aliphatic rings. The molecule has 0 spiro atoms. The van der Waals surface area contributed by atoms with E-state index in [2.05, 4.69) is 9.88 Å². The Bertz CT molecular complexity index is 484. The van der Waals surface area contributed by atoms with Gasteiger partial charge in [0.15, 0.2) is 0 Å². The van der Waals surface area contributed by atoms with Crippen LogP contribution < -0.4 is 0 Å². The molecule has 0 radical (unpaired) electrons. The van der Waals surface area contributed by atoms with Gasteiger partial charge in [-0.25, -0.2) is 4.98 Å². The molecular formula is C16H26N4O2. The molecule has 122 valence electrons. The van der Waals surface area contributed by atoms with Crippen LogP contribution in [-0.4, -0.2) is 69.2 Å². The minimum absolute atomic E-state index is 0.0257. The highest BCUT2D eigenvalue weighted by Crippen LogP contribution is 2.33. The predicted octanol–water partition coefficient (Wildman–Crippen LogP) is 0.892. The van der Waals surface area contributed by atoms with Crippen LogP contribution in [0.3, 0.4) is 0 Å². The summed E-state index contributed by atoms with van der Waals surface area (Å²) in [5, 5.41) is 10.6. The summed E-state index contributed by atoms with van der Waals surface area (Å²) in [6.45, 7) is 2.52. The number of hydrogen-bond donors (Lipinski definition) is 1. The molecule has 1 aromatic rings. The third-order valence-corrected chi connectivity index (χ3v) is 5.15. The first kappa shape index (κ1) is 15.5. The molecule has 1 saturated carbocycles. The maximum absolute atomic E-state index is 12.5. The fourth-order valence-corrected chi connectivity index (χ4v) is 3.76. The van der Waals surface area contributed by atoms with Crippen LogP contribution in [0.25, 0.3) is 0 Å². The molecule has 3 atom stereocenters. The molecule has 1 amide bonds. The van der Waals surface area contributed by atoms with Gasteiger partial charge in [-0.3, -0.25) is 9.69 Å². The van der Waals surface area contributed by atoms with Crippen molar-refractivity contribution >= 4 is 5.91 Å². The highest BCUT2D eigenvalue weighted by Gasteiger charge is 2.39. The van der Waals surface area contributed by atoms with E-state index in [1.165, 1.54) is 19.3 Å². The molecule has 22 heavy (non-hydrogen) atoms. The second-order valence-corrected chi connectivity index (χ2v) is 6.55. The number of nitrogens with zero attached hydrogens (tertiary/aromatic N) is 4. The zero-order chi connectivity index (χ0) is 15.5. The van der Waals surface area contributed by atoms with Crippen molar-refractivity contribution in [1.82, 2.24) is 19.4 Å². The van der Waals surface area contributed by atoms with Crippen LogP contribution >= 0.6 is 0 Å². The molecule has 0 aromatic carbocycles. The molecule has 1 aliphatic heterocycles. The number of rotatable bonds is 4. The average Bonchev–Trinajstić information content (AvgIpc) is 3.16. The maximum atomic E-state index is 12.5. The summed E-state index contributed by atoms with van der Waals surface area (Å²) in [5.41, 5.74) is 0. The van der Waals surface area contributed by atoms with E-state index in [-0.39, 0.29) is 18.0 Å². The van der Waals surface area contributed by atoms with Crippen molar-refractivity contribution in [2.45, 2.75) is 50.3 Å². The number of aromatic nitrogens is 2. The van der Waals surface area contributed by atoms with E-state index < -0.39 is 6.10 Å². The molecule has 3 rings (SSSR count). The minimum atomic E-state index is -0.524. The highest BCUT2D eigenvalue weighted by molar-refractivity contribution is 5.78. The van der Waals surface area contributed by atoms with Gasteiger partial charge in [-0.2, -0.15) is 0 Å². The Morgan fingerprint density at radius 2 is 2.09 bits per heavy atom. The lowest BCUT2D eigenvalue weighted by Crippen LogP contribution is -2.48. The summed E-state index contributed by atoms with van der Waals surface area (Å²) in [5.74, 6) is 0.122. The Morgan fingerprint density at radius 3 is 2.77 bits per heavy atom. The van der Waals surface area contributed by atoms with Gasteiger partial charge in [-0.05, 0) is 38.8 Å². The molecule has 2 fully saturated rings. The topological polar surface area (TPSA) is 61.6 Å². The molecule has 1 aromatic heterocycles. The van der Waals surface area contributed by atoms with Crippen molar-refractivity contribution in [2.24, 2.45) is 0 Å². The van der Waals surface area contributed by atoms with Crippen LogP contribution in [0.1, 0.15) is 38.1 Å². The number of hydrogen-bond acceptors (Lipinski definition) is 4. The molecule has 0 bridgehead atoms. The summed E-state index contributed by atoms with van der Waals surface area (Å²) in [6.07, 6.45) is 10.2. The standard InChI is InChI=1S/C16H26N4O2/c1-18(15(21)11-19-8-3-2-4-9-19)13-5-6-14(16(13)22)20-10-7-17-12-20/h7,10,12-14,16,22H,2-6,8-9,11H2,1H3/t13-,14-,16-/m1/s1. The number of carbonyl (C=O) groups excluding carboxylic acids is 1. The lowest BCUT2D eigenvalue weighted by molar-refractivity contribution is -0.135. The van der Waals surface area contributed by atoms with Crippen LogP contribution in [0.2, 0.25) is 0 Å². The van der Waals surface area contributed by atoms with E-state index in [0.717, 1.165) is 25.9 Å². The van der Waals surface area contributed by atoms with Gasteiger partial charge in [0.1, 0.15) is 0 Å². The Kier molecular flexibility index (Phi) is 4.78. The number of aliphatic hydroxyl groups is 1. The summed E-state index contributed by atoms with van der Waals surface area (Å²) >= 11 is 0. The predicted molar refractivity (Wildman–Crippen MR) is 83.4 cm³/mol. The van der Waals surface area contributed by atoms with E-state index in [0.29, 0.717) is 6.54 Å². The van der Waals surface area contributed by atoms with Crippen LogP contribution in [-0.2, 0) is 4.79 Å². The normalized spacial score (nSPS) is 29.6. The number of amides is 1. The maximum Gasteiger partial charge on any atom is 0.236 e. The second kappa shape index (κ2) is 6.79. The molecule has 2 heterocycles. The number of likely N-dealkylation sites (tertiary alicyclic amines) is 1. The smallest absolute Gasteiger partial charge is 0.236 e. The van der Waals surface area contributed by atoms with Crippen molar-refractivity contribution in [1.29, 1.82) is 0 Å². The Hall–Kier alpha value is -1.40. The number of aliphatic hydroxyl groups excluding tert-OH is 1. The van der Waals surface area contributed by atoms with Crippen LogP contribution in [0.4, 0.5) is 0 Å². The van der Waals surface area contributed by atoms with Crippen molar-refractivity contribution < 1.29 is 9.90 Å². The number of likely N-dealkylation sites (N-methyl/N-ethyl adjacent to an activating group) is 1. The molecule has 1 saturated heterocycles. The van der Waals surface area contributed by atoms with Gasteiger partial charge in [-0.15, -0.1) is 0 Å². The Balaban J connectivity index is 1.57. The van der Waals surface area contributed by atoms with Crippen LogP contribution in [0.15, 0.2) is 18.7 Å². The second-order valence-electron chi connectivity index (χ2n) is 6.55. The number of piperidine rings is 1. The van der Waals surface area contributed by atoms with Crippen molar-refractivity contribution in [3.05, 3.63) is 18.7 Å². The Labute approximate surface area is 131 Å². The lowest BCUT2D eigenvalue weighted by Gasteiger charge is -2.32. The van der Waals surface area contributed by atoms with E-state index in [1.807, 2.05) is 17.8 Å². The minimum Gasteiger partial charge on any atom is -0.389 e. The monoisotopic (exact) mass is 306 g/mol. The van der Waals surface area contributed by atoms with Crippen molar-refractivity contribution in [2.75, 3.05) is 26.7 Å². The first-order valence-corrected chi connectivity index (χ1v) is 8.30. The third-order valence-electron chi connectivity index (χ3n) is 5.15. The van der Waals surface area contributed by atoms with Crippen molar-refractivity contribution in [3.8, 4) is 0 Å². The van der Waals surface area contributed by atoms with Crippen LogP contribution in [0.5, 0.6) is 0 Å². The largest absolute Gasteiger partial charge is 0.389 e. The van der Waals surface area contributed by atoms with E-state index in [1.54, 1.807) is 17.4 Å². The lowest BCUT2D eigenvalue weighted by atomic mass is 10.1. The van der Waals surface area contributed by atoms with Gasteiger partial charge >= 0.3 is 0 Å². The molecule has 1 N–H and O–H groups in total. The fourth-order valence-electron chi connectivity index (χ4n) is 3.76.